The van der Waals surface area contributed by atoms with Crippen molar-refractivity contribution >= 4 is 29.5 Å². The molecule has 0 N–H and O–H groups in total. The van der Waals surface area contributed by atoms with E-state index in [0.717, 1.165) is 19.3 Å². The Bertz CT molecular complexity index is 276. The standard InChI is InChI=1S/C10H20BrO5P/c1-5-6-7-8(2)9(12)10(11)16-17(13,14-3)15-4/h8,10H,5-7H2,1-4H3/t8-,10?/m0/s1. The molecule has 5 nitrogen and oxygen atoms in total. The Morgan fingerprint density at radius 3 is 2.29 bits per heavy atom. The van der Waals surface area contributed by atoms with Gasteiger partial charge in [-0.15, -0.1) is 0 Å². The van der Waals surface area contributed by atoms with Crippen molar-refractivity contribution < 1.29 is 22.9 Å². The first-order valence-corrected chi connectivity index (χ1v) is 7.85. The van der Waals surface area contributed by atoms with Crippen LogP contribution in [0.3, 0.4) is 0 Å². The molecule has 0 saturated heterocycles. The first kappa shape index (κ1) is 17.3. The molecule has 7 heteroatoms. The molecule has 0 aliphatic rings. The van der Waals surface area contributed by atoms with Crippen LogP contribution in [0.2, 0.25) is 0 Å². The van der Waals surface area contributed by atoms with Gasteiger partial charge in [-0.05, 0) is 22.4 Å². The second kappa shape index (κ2) is 8.38. The Hall–Kier alpha value is 0.260. The molecule has 102 valence electrons. The van der Waals surface area contributed by atoms with E-state index in [0.29, 0.717) is 0 Å². The third kappa shape index (κ3) is 6.11. The van der Waals surface area contributed by atoms with E-state index in [1.165, 1.54) is 14.2 Å². The van der Waals surface area contributed by atoms with Crippen LogP contribution in [0.25, 0.3) is 0 Å². The lowest BCUT2D eigenvalue weighted by molar-refractivity contribution is -0.126. The molecule has 0 fully saturated rings. The van der Waals surface area contributed by atoms with E-state index >= 15 is 0 Å². The maximum atomic E-state index is 11.9. The molecule has 0 aromatic heterocycles. The lowest BCUT2D eigenvalue weighted by atomic mass is 10.0. The third-order valence-electron chi connectivity index (χ3n) is 2.37. The summed E-state index contributed by atoms with van der Waals surface area (Å²) in [5.41, 5.74) is 0. The lowest BCUT2D eigenvalue weighted by Gasteiger charge is -2.19. The van der Waals surface area contributed by atoms with Gasteiger partial charge in [-0.1, -0.05) is 26.7 Å². The van der Waals surface area contributed by atoms with Gasteiger partial charge in [0.2, 0.25) is 0 Å². The van der Waals surface area contributed by atoms with Gasteiger partial charge in [0.25, 0.3) is 0 Å². The van der Waals surface area contributed by atoms with Crippen LogP contribution < -0.4 is 0 Å². The van der Waals surface area contributed by atoms with Gasteiger partial charge in [0.15, 0.2) is 10.8 Å². The number of carbonyl (C=O) groups is 1. The Morgan fingerprint density at radius 2 is 1.88 bits per heavy atom. The maximum Gasteiger partial charge on any atom is 0.475 e. The smallest absolute Gasteiger partial charge is 0.295 e. The number of hydrogen-bond donors (Lipinski definition) is 0. The fraction of sp³-hybridized carbons (Fsp3) is 0.900. The van der Waals surface area contributed by atoms with Crippen LogP contribution in [0.15, 0.2) is 0 Å². The van der Waals surface area contributed by atoms with Gasteiger partial charge in [-0.3, -0.25) is 18.4 Å². The average Bonchev–Trinajstić information content (AvgIpc) is 2.34. The number of halogens is 1. The van der Waals surface area contributed by atoms with Crippen molar-refractivity contribution in [1.82, 2.24) is 0 Å². The van der Waals surface area contributed by atoms with Gasteiger partial charge in [0.1, 0.15) is 0 Å². The minimum absolute atomic E-state index is 0.151. The van der Waals surface area contributed by atoms with Crippen LogP contribution in [-0.4, -0.2) is 25.0 Å². The Balaban J connectivity index is 4.35. The van der Waals surface area contributed by atoms with E-state index in [1.54, 1.807) is 0 Å². The molecular formula is C10H20BrO5P. The fourth-order valence-electron chi connectivity index (χ4n) is 1.20. The molecule has 0 aromatic carbocycles. The number of rotatable bonds is 9. The zero-order chi connectivity index (χ0) is 13.5. The summed E-state index contributed by atoms with van der Waals surface area (Å²) < 4.78 is 25.8. The fourth-order valence-corrected chi connectivity index (χ4v) is 2.92. The van der Waals surface area contributed by atoms with Crippen LogP contribution in [-0.2, 0) is 22.9 Å². The molecule has 0 aromatic rings. The van der Waals surface area contributed by atoms with Crippen molar-refractivity contribution in [2.75, 3.05) is 14.2 Å². The van der Waals surface area contributed by atoms with Gasteiger partial charge < -0.3 is 0 Å². The molecule has 17 heavy (non-hydrogen) atoms. The highest BCUT2D eigenvalue weighted by Gasteiger charge is 2.32. The maximum absolute atomic E-state index is 11.9. The van der Waals surface area contributed by atoms with Crippen molar-refractivity contribution in [3.8, 4) is 0 Å². The second-order valence-corrected chi connectivity index (χ2v) is 6.35. The summed E-state index contributed by atoms with van der Waals surface area (Å²) in [6.45, 7) is 3.88. The highest BCUT2D eigenvalue weighted by molar-refractivity contribution is 9.09. The molecule has 0 heterocycles. The zero-order valence-electron chi connectivity index (χ0n) is 10.6. The summed E-state index contributed by atoms with van der Waals surface area (Å²) in [7, 11) is -1.22. The largest absolute Gasteiger partial charge is 0.475 e. The number of phosphoric ester groups is 1. The van der Waals surface area contributed by atoms with Gasteiger partial charge in [0, 0.05) is 20.1 Å². The average molecular weight is 331 g/mol. The van der Waals surface area contributed by atoms with Crippen molar-refractivity contribution in [1.29, 1.82) is 0 Å². The molecule has 0 bridgehead atoms. The molecule has 2 atom stereocenters. The van der Waals surface area contributed by atoms with Crippen LogP contribution in [0.1, 0.15) is 33.1 Å². The summed E-state index contributed by atoms with van der Waals surface area (Å²) in [6.07, 6.45) is 2.78. The Morgan fingerprint density at radius 1 is 1.35 bits per heavy atom. The summed E-state index contributed by atoms with van der Waals surface area (Å²) in [5.74, 6) is -0.311. The summed E-state index contributed by atoms with van der Waals surface area (Å²) >= 11 is 3.05. The van der Waals surface area contributed by atoms with Crippen molar-refractivity contribution in [2.45, 2.75) is 38.1 Å². The summed E-state index contributed by atoms with van der Waals surface area (Å²) in [6, 6.07) is 0. The molecule has 0 rings (SSSR count). The second-order valence-electron chi connectivity index (χ2n) is 3.68. The predicted molar refractivity (Wildman–Crippen MR) is 69.1 cm³/mol. The van der Waals surface area contributed by atoms with Gasteiger partial charge in [-0.25, -0.2) is 4.57 Å². The molecular weight excluding hydrogens is 311 g/mol. The van der Waals surface area contributed by atoms with Crippen molar-refractivity contribution in [3.05, 3.63) is 0 Å². The highest BCUT2D eigenvalue weighted by atomic mass is 79.9. The summed E-state index contributed by atoms with van der Waals surface area (Å²) in [5, 5.41) is -0.972. The van der Waals surface area contributed by atoms with E-state index in [9.17, 15) is 9.36 Å². The highest BCUT2D eigenvalue weighted by Crippen LogP contribution is 2.49. The van der Waals surface area contributed by atoms with Crippen LogP contribution in [0, 0.1) is 5.92 Å². The van der Waals surface area contributed by atoms with Crippen LogP contribution in [0.5, 0.6) is 0 Å². The first-order valence-electron chi connectivity index (χ1n) is 5.47. The number of hydrogen-bond acceptors (Lipinski definition) is 5. The van der Waals surface area contributed by atoms with E-state index in [1.807, 2.05) is 6.92 Å². The van der Waals surface area contributed by atoms with Crippen molar-refractivity contribution in [3.63, 3.8) is 0 Å². The minimum atomic E-state index is -3.62. The molecule has 0 spiro atoms. The lowest BCUT2D eigenvalue weighted by Crippen LogP contribution is -2.24. The number of alkyl halides is 1. The van der Waals surface area contributed by atoms with Gasteiger partial charge in [-0.2, -0.15) is 0 Å². The topological polar surface area (TPSA) is 61.8 Å². The third-order valence-corrected chi connectivity index (χ3v) is 4.66. The number of ketones is 1. The van der Waals surface area contributed by atoms with E-state index in [-0.39, 0.29) is 11.7 Å². The number of Topliss-reactive ketones (excluding diaryl/α,β-unsaturated/α-hetero) is 1. The van der Waals surface area contributed by atoms with Crippen LogP contribution >= 0.6 is 23.8 Å². The molecule has 0 radical (unpaired) electrons. The van der Waals surface area contributed by atoms with E-state index in [2.05, 4.69) is 31.9 Å². The van der Waals surface area contributed by atoms with E-state index < -0.39 is 12.8 Å². The normalized spacial score (nSPS) is 15.6. The molecule has 0 saturated carbocycles. The minimum Gasteiger partial charge on any atom is -0.295 e. The Labute approximate surface area is 111 Å². The number of phosphoric acid groups is 1. The molecule has 0 amide bonds. The quantitative estimate of drug-likeness (QED) is 0.478. The molecule has 1 unspecified atom stereocenters. The van der Waals surface area contributed by atoms with Gasteiger partial charge >= 0.3 is 7.82 Å². The summed E-state index contributed by atoms with van der Waals surface area (Å²) in [4.78, 5) is 11.9. The molecule has 0 aliphatic carbocycles. The first-order chi connectivity index (χ1) is 7.90. The van der Waals surface area contributed by atoms with Gasteiger partial charge in [0.05, 0.1) is 0 Å². The molecule has 0 aliphatic heterocycles. The number of carbonyl (C=O) groups excluding carboxylic acids is 1. The zero-order valence-corrected chi connectivity index (χ0v) is 13.1. The monoisotopic (exact) mass is 330 g/mol. The van der Waals surface area contributed by atoms with Crippen LogP contribution in [0.4, 0.5) is 0 Å². The predicted octanol–water partition coefficient (Wildman–Crippen LogP) is 3.52. The SMILES string of the molecule is CCCC[C@H](C)C(=O)C(Br)OP(=O)(OC)OC. The number of unbranched alkanes of at least 4 members (excludes halogenated alkanes) is 1. The van der Waals surface area contributed by atoms with Crippen molar-refractivity contribution in [2.24, 2.45) is 5.92 Å². The Kier molecular flexibility index (Phi) is 8.51. The van der Waals surface area contributed by atoms with E-state index in [4.69, 9.17) is 4.52 Å².